The second-order valence-electron chi connectivity index (χ2n) is 13.0. The summed E-state index contributed by atoms with van der Waals surface area (Å²) in [6.07, 6.45) is 0. The van der Waals surface area contributed by atoms with Crippen LogP contribution < -0.4 is 0 Å². The fraction of sp³-hybridized carbons (Fsp3) is 0. The quantitative estimate of drug-likeness (QED) is 0.178. The maximum Gasteiger partial charge on any atom is 0.0619 e. The second kappa shape index (κ2) is 11.5. The van der Waals surface area contributed by atoms with Gasteiger partial charge in [-0.3, -0.25) is 0 Å². The summed E-state index contributed by atoms with van der Waals surface area (Å²) in [5.41, 5.74) is 14.4. The van der Waals surface area contributed by atoms with Crippen molar-refractivity contribution in [2.75, 3.05) is 0 Å². The first kappa shape index (κ1) is 28.4. The Hall–Kier alpha value is -6.64. The Kier molecular flexibility index (Phi) is 6.53. The molecule has 0 spiro atoms. The van der Waals surface area contributed by atoms with Crippen LogP contribution >= 0.6 is 0 Å². The van der Waals surface area contributed by atoms with Gasteiger partial charge in [-0.05, 0) is 76.3 Å². The van der Waals surface area contributed by atoms with Crippen molar-refractivity contribution < 1.29 is 0 Å². The van der Waals surface area contributed by atoms with E-state index in [2.05, 4.69) is 203 Å². The van der Waals surface area contributed by atoms with Crippen molar-refractivity contribution in [1.82, 2.24) is 9.13 Å². The first-order chi connectivity index (χ1) is 24.8. The summed E-state index contributed by atoms with van der Waals surface area (Å²) in [5, 5.41) is 5.01. The molecule has 0 fully saturated rings. The minimum atomic E-state index is 1.15. The van der Waals surface area contributed by atoms with Crippen molar-refractivity contribution in [3.63, 3.8) is 0 Å². The van der Waals surface area contributed by atoms with Crippen molar-refractivity contribution >= 4 is 43.6 Å². The summed E-state index contributed by atoms with van der Waals surface area (Å²) in [7, 11) is 0. The van der Waals surface area contributed by atoms with Crippen LogP contribution in [-0.2, 0) is 0 Å². The molecule has 50 heavy (non-hydrogen) atoms. The van der Waals surface area contributed by atoms with Crippen molar-refractivity contribution in [3.8, 4) is 44.8 Å². The van der Waals surface area contributed by atoms with Gasteiger partial charge >= 0.3 is 0 Å². The van der Waals surface area contributed by atoms with E-state index in [0.29, 0.717) is 0 Å². The molecule has 2 aromatic heterocycles. The molecule has 2 nitrogen and oxygen atoms in total. The van der Waals surface area contributed by atoms with Gasteiger partial charge in [-0.25, -0.2) is 0 Å². The molecular formula is C48H32N2. The second-order valence-corrected chi connectivity index (χ2v) is 13.0. The molecule has 234 valence electrons. The number of hydrogen-bond acceptors (Lipinski definition) is 0. The number of rotatable bonds is 5. The standard InChI is InChI=1S/C48H32N2/c1-3-13-33(14-4-1)35-25-28-38(29-26-35)50-46-24-10-7-19-41(46)43-22-12-21-40(48(43)50)37-27-30-47-44(32-37)42-20-8-9-23-45(42)49(47)39-18-11-17-36(31-39)34-15-5-2-6-16-34/h1-32H. The molecule has 2 heteroatoms. The number of aromatic nitrogens is 2. The molecule has 0 bridgehead atoms. The molecule has 0 aliphatic carbocycles. The predicted octanol–water partition coefficient (Wildman–Crippen LogP) is 12.9. The normalized spacial score (nSPS) is 11.6. The number of hydrogen-bond donors (Lipinski definition) is 0. The van der Waals surface area contributed by atoms with Crippen molar-refractivity contribution in [2.24, 2.45) is 0 Å². The van der Waals surface area contributed by atoms with Crippen LogP contribution in [-0.4, -0.2) is 9.13 Å². The topological polar surface area (TPSA) is 9.86 Å². The van der Waals surface area contributed by atoms with Crippen LogP contribution in [0.25, 0.3) is 88.4 Å². The third-order valence-electron chi connectivity index (χ3n) is 10.1. The first-order valence-corrected chi connectivity index (χ1v) is 17.2. The molecule has 0 saturated carbocycles. The summed E-state index contributed by atoms with van der Waals surface area (Å²) in [4.78, 5) is 0. The molecule has 8 aromatic carbocycles. The average molecular weight is 637 g/mol. The third kappa shape index (κ3) is 4.50. The summed E-state index contributed by atoms with van der Waals surface area (Å²) in [5.74, 6) is 0. The molecule has 0 saturated heterocycles. The lowest BCUT2D eigenvalue weighted by molar-refractivity contribution is 1.18. The van der Waals surface area contributed by atoms with Gasteiger partial charge in [0.15, 0.2) is 0 Å². The van der Waals surface area contributed by atoms with Gasteiger partial charge in [0.05, 0.1) is 22.1 Å². The van der Waals surface area contributed by atoms with Gasteiger partial charge in [0.25, 0.3) is 0 Å². The van der Waals surface area contributed by atoms with E-state index in [-0.39, 0.29) is 0 Å². The number of para-hydroxylation sites is 3. The van der Waals surface area contributed by atoms with Gasteiger partial charge < -0.3 is 9.13 Å². The highest BCUT2D eigenvalue weighted by molar-refractivity contribution is 6.15. The Morgan fingerprint density at radius 1 is 0.260 bits per heavy atom. The zero-order valence-corrected chi connectivity index (χ0v) is 27.4. The number of benzene rings is 8. The van der Waals surface area contributed by atoms with Crippen molar-refractivity contribution in [3.05, 3.63) is 194 Å². The van der Waals surface area contributed by atoms with E-state index in [0.717, 1.165) is 11.4 Å². The van der Waals surface area contributed by atoms with E-state index in [1.807, 2.05) is 0 Å². The fourth-order valence-electron chi connectivity index (χ4n) is 7.83. The van der Waals surface area contributed by atoms with Crippen LogP contribution in [0.4, 0.5) is 0 Å². The highest BCUT2D eigenvalue weighted by Crippen LogP contribution is 2.41. The van der Waals surface area contributed by atoms with E-state index in [1.165, 1.54) is 77.0 Å². The van der Waals surface area contributed by atoms with E-state index < -0.39 is 0 Å². The van der Waals surface area contributed by atoms with Crippen LogP contribution in [0.2, 0.25) is 0 Å². The van der Waals surface area contributed by atoms with E-state index in [1.54, 1.807) is 0 Å². The molecule has 0 aliphatic rings. The van der Waals surface area contributed by atoms with Gasteiger partial charge in [0.1, 0.15) is 0 Å². The van der Waals surface area contributed by atoms with Crippen LogP contribution in [0, 0.1) is 0 Å². The molecule has 0 aliphatic heterocycles. The molecular weight excluding hydrogens is 605 g/mol. The van der Waals surface area contributed by atoms with Crippen LogP contribution in [0.5, 0.6) is 0 Å². The first-order valence-electron chi connectivity index (χ1n) is 17.2. The summed E-state index contributed by atoms with van der Waals surface area (Å²) < 4.78 is 4.85. The minimum absolute atomic E-state index is 1.15. The zero-order chi connectivity index (χ0) is 33.0. The monoisotopic (exact) mass is 636 g/mol. The van der Waals surface area contributed by atoms with Crippen LogP contribution in [0.15, 0.2) is 194 Å². The smallest absolute Gasteiger partial charge is 0.0619 e. The molecule has 0 N–H and O–H groups in total. The Morgan fingerprint density at radius 2 is 0.780 bits per heavy atom. The van der Waals surface area contributed by atoms with Gasteiger partial charge in [0.2, 0.25) is 0 Å². The lowest BCUT2D eigenvalue weighted by Crippen LogP contribution is -1.96. The van der Waals surface area contributed by atoms with Gasteiger partial charge in [-0.1, -0.05) is 146 Å². The molecule has 0 unspecified atom stereocenters. The van der Waals surface area contributed by atoms with Crippen molar-refractivity contribution in [2.45, 2.75) is 0 Å². The average Bonchev–Trinajstić information content (AvgIpc) is 3.71. The van der Waals surface area contributed by atoms with Crippen molar-refractivity contribution in [1.29, 1.82) is 0 Å². The summed E-state index contributed by atoms with van der Waals surface area (Å²) in [6.45, 7) is 0. The SMILES string of the molecule is c1ccc(-c2ccc(-n3c4ccccc4c4cccc(-c5ccc6c(c5)c5ccccc5n6-c5cccc(-c6ccccc6)c5)c43)cc2)cc1. The van der Waals surface area contributed by atoms with Crippen LogP contribution in [0.3, 0.4) is 0 Å². The molecule has 0 radical (unpaired) electrons. The predicted molar refractivity (Wildman–Crippen MR) is 211 cm³/mol. The summed E-state index contributed by atoms with van der Waals surface area (Å²) in [6, 6.07) is 70.4. The van der Waals surface area contributed by atoms with E-state index in [9.17, 15) is 0 Å². The number of fused-ring (bicyclic) bond motifs is 6. The van der Waals surface area contributed by atoms with Crippen LogP contribution in [0.1, 0.15) is 0 Å². The van der Waals surface area contributed by atoms with E-state index >= 15 is 0 Å². The highest BCUT2D eigenvalue weighted by atomic mass is 15.0. The highest BCUT2D eigenvalue weighted by Gasteiger charge is 2.19. The molecule has 0 amide bonds. The Morgan fingerprint density at radius 3 is 1.52 bits per heavy atom. The van der Waals surface area contributed by atoms with Gasteiger partial charge in [-0.15, -0.1) is 0 Å². The third-order valence-corrected chi connectivity index (χ3v) is 10.1. The Balaban J connectivity index is 1.18. The molecule has 10 aromatic rings. The lowest BCUT2D eigenvalue weighted by atomic mass is 9.99. The van der Waals surface area contributed by atoms with Gasteiger partial charge in [0, 0.05) is 38.5 Å². The molecule has 10 rings (SSSR count). The molecule has 2 heterocycles. The van der Waals surface area contributed by atoms with E-state index in [4.69, 9.17) is 0 Å². The largest absolute Gasteiger partial charge is 0.309 e. The van der Waals surface area contributed by atoms with Gasteiger partial charge in [-0.2, -0.15) is 0 Å². The maximum atomic E-state index is 2.44. The summed E-state index contributed by atoms with van der Waals surface area (Å²) >= 11 is 0. The minimum Gasteiger partial charge on any atom is -0.309 e. The number of nitrogens with zero attached hydrogens (tertiary/aromatic N) is 2. The lowest BCUT2D eigenvalue weighted by Gasteiger charge is -2.13. The fourth-order valence-corrected chi connectivity index (χ4v) is 7.83. The Bertz CT molecular complexity index is 2840. The zero-order valence-electron chi connectivity index (χ0n) is 27.4. The molecule has 0 atom stereocenters. The Labute approximate surface area is 290 Å². The maximum absolute atomic E-state index is 2.44.